The molecule has 0 saturated carbocycles. The zero-order valence-corrected chi connectivity index (χ0v) is 12.0. The summed E-state index contributed by atoms with van der Waals surface area (Å²) in [6.07, 6.45) is 1.71. The van der Waals surface area contributed by atoms with Gasteiger partial charge in [-0.05, 0) is 42.4 Å². The average molecular weight is 309 g/mol. The van der Waals surface area contributed by atoms with Crippen LogP contribution in [-0.2, 0) is 13.1 Å². The summed E-state index contributed by atoms with van der Waals surface area (Å²) >= 11 is 3.56. The minimum atomic E-state index is 0.794. The lowest BCUT2D eigenvalue weighted by Gasteiger charge is -2.20. The third-order valence-corrected chi connectivity index (χ3v) is 3.64. The highest BCUT2D eigenvalue weighted by molar-refractivity contribution is 9.10. The van der Waals surface area contributed by atoms with E-state index < -0.39 is 0 Å². The Balaban J connectivity index is 2.07. The van der Waals surface area contributed by atoms with Crippen LogP contribution in [0.1, 0.15) is 18.2 Å². The molecule has 18 heavy (non-hydrogen) atoms. The van der Waals surface area contributed by atoms with Crippen LogP contribution >= 0.6 is 15.9 Å². The van der Waals surface area contributed by atoms with Gasteiger partial charge in [0.15, 0.2) is 0 Å². The maximum Gasteiger partial charge on any atom is 0.117 e. The second kappa shape index (κ2) is 6.07. The molecule has 2 rings (SSSR count). The molecule has 3 nitrogen and oxygen atoms in total. The summed E-state index contributed by atoms with van der Waals surface area (Å²) in [5, 5.41) is 0. The summed E-state index contributed by atoms with van der Waals surface area (Å²) in [6.45, 7) is 4.76. The molecule has 0 fully saturated rings. The molecule has 0 aliphatic heterocycles. The summed E-state index contributed by atoms with van der Waals surface area (Å²) in [5.41, 5.74) is 7.81. The van der Waals surface area contributed by atoms with E-state index in [1.54, 1.807) is 6.26 Å². The van der Waals surface area contributed by atoms with Crippen molar-refractivity contribution in [1.29, 1.82) is 0 Å². The van der Waals surface area contributed by atoms with Crippen molar-refractivity contribution in [2.45, 2.75) is 20.0 Å². The van der Waals surface area contributed by atoms with Gasteiger partial charge in [-0.15, -0.1) is 0 Å². The number of anilines is 1. The third-order valence-electron chi connectivity index (χ3n) is 2.87. The molecule has 0 radical (unpaired) electrons. The Morgan fingerprint density at radius 1 is 1.28 bits per heavy atom. The number of hydrogen-bond donors (Lipinski definition) is 1. The second-order valence-electron chi connectivity index (χ2n) is 4.23. The summed E-state index contributed by atoms with van der Waals surface area (Å²) in [7, 11) is 0. The van der Waals surface area contributed by atoms with Gasteiger partial charge in [-0.1, -0.05) is 22.9 Å². The molecule has 0 saturated heterocycles. The topological polar surface area (TPSA) is 42.4 Å². The Morgan fingerprint density at radius 3 is 2.78 bits per heavy atom. The quantitative estimate of drug-likeness (QED) is 0.857. The van der Waals surface area contributed by atoms with Crippen molar-refractivity contribution in [1.82, 2.24) is 4.90 Å². The number of nitrogens with two attached hydrogens (primary N) is 1. The Bertz CT molecular complexity index is 497. The summed E-state index contributed by atoms with van der Waals surface area (Å²) < 4.78 is 6.47. The fourth-order valence-electron chi connectivity index (χ4n) is 1.86. The molecule has 2 aromatic rings. The zero-order valence-electron chi connectivity index (χ0n) is 10.4. The van der Waals surface area contributed by atoms with Gasteiger partial charge in [0.2, 0.25) is 0 Å². The summed E-state index contributed by atoms with van der Waals surface area (Å²) in [5.74, 6) is 0.983. The van der Waals surface area contributed by atoms with Crippen molar-refractivity contribution in [3.63, 3.8) is 0 Å². The molecule has 1 heterocycles. The van der Waals surface area contributed by atoms with Crippen molar-refractivity contribution in [2.24, 2.45) is 0 Å². The van der Waals surface area contributed by atoms with Crippen molar-refractivity contribution in [3.05, 3.63) is 52.4 Å². The first-order chi connectivity index (χ1) is 8.69. The monoisotopic (exact) mass is 308 g/mol. The van der Waals surface area contributed by atoms with Gasteiger partial charge >= 0.3 is 0 Å². The number of nitrogens with zero attached hydrogens (tertiary/aromatic N) is 1. The number of benzene rings is 1. The lowest BCUT2D eigenvalue weighted by atomic mass is 10.2. The van der Waals surface area contributed by atoms with Crippen molar-refractivity contribution in [3.8, 4) is 0 Å². The highest BCUT2D eigenvalue weighted by atomic mass is 79.9. The molecule has 2 N–H and O–H groups in total. The van der Waals surface area contributed by atoms with Gasteiger partial charge in [0.05, 0.1) is 12.8 Å². The van der Waals surface area contributed by atoms with E-state index in [0.29, 0.717) is 0 Å². The highest BCUT2D eigenvalue weighted by Gasteiger charge is 2.09. The Kier molecular flexibility index (Phi) is 4.44. The van der Waals surface area contributed by atoms with Crippen LogP contribution in [0, 0.1) is 0 Å². The molecule has 96 valence electrons. The second-order valence-corrected chi connectivity index (χ2v) is 5.09. The fourth-order valence-corrected chi connectivity index (χ4v) is 2.23. The van der Waals surface area contributed by atoms with Crippen molar-refractivity contribution in [2.75, 3.05) is 12.3 Å². The predicted molar refractivity (Wildman–Crippen MR) is 77.1 cm³/mol. The number of furan rings is 1. The van der Waals surface area contributed by atoms with E-state index in [1.165, 1.54) is 5.56 Å². The van der Waals surface area contributed by atoms with Crippen LogP contribution in [0.2, 0.25) is 0 Å². The van der Waals surface area contributed by atoms with Crippen LogP contribution < -0.4 is 5.73 Å². The van der Waals surface area contributed by atoms with E-state index >= 15 is 0 Å². The molecule has 1 aromatic carbocycles. The largest absolute Gasteiger partial charge is 0.468 e. The minimum Gasteiger partial charge on any atom is -0.468 e. The molecular weight excluding hydrogens is 292 g/mol. The number of nitrogen functional groups attached to an aromatic ring is 1. The number of hydrogen-bond acceptors (Lipinski definition) is 3. The van der Waals surface area contributed by atoms with Crippen LogP contribution in [0.5, 0.6) is 0 Å². The summed E-state index contributed by atoms with van der Waals surface area (Å²) in [4.78, 5) is 2.30. The molecule has 0 spiro atoms. The van der Waals surface area contributed by atoms with Gasteiger partial charge in [-0.25, -0.2) is 0 Å². The van der Waals surface area contributed by atoms with Gasteiger partial charge in [-0.3, -0.25) is 4.90 Å². The molecule has 0 aliphatic carbocycles. The van der Waals surface area contributed by atoms with E-state index in [-0.39, 0.29) is 0 Å². The highest BCUT2D eigenvalue weighted by Crippen LogP contribution is 2.21. The first kappa shape index (κ1) is 13.2. The van der Waals surface area contributed by atoms with E-state index in [0.717, 1.165) is 35.6 Å². The lowest BCUT2D eigenvalue weighted by Crippen LogP contribution is -2.22. The van der Waals surface area contributed by atoms with Crippen molar-refractivity contribution >= 4 is 21.6 Å². The number of halogens is 1. The maximum atomic E-state index is 5.82. The van der Waals surface area contributed by atoms with E-state index in [1.807, 2.05) is 30.3 Å². The smallest absolute Gasteiger partial charge is 0.117 e. The third kappa shape index (κ3) is 3.37. The first-order valence-electron chi connectivity index (χ1n) is 5.97. The molecule has 0 unspecified atom stereocenters. The zero-order chi connectivity index (χ0) is 13.0. The Morgan fingerprint density at radius 2 is 2.11 bits per heavy atom. The molecule has 0 bridgehead atoms. The maximum absolute atomic E-state index is 5.82. The molecule has 1 aromatic heterocycles. The summed E-state index contributed by atoms with van der Waals surface area (Å²) in [6, 6.07) is 9.81. The SMILES string of the molecule is CCN(Cc1ccco1)Cc1cc(N)ccc1Br. The number of rotatable bonds is 5. The molecule has 4 heteroatoms. The van der Waals surface area contributed by atoms with Gasteiger partial charge in [0.25, 0.3) is 0 Å². The normalized spacial score (nSPS) is 11.1. The standard InChI is InChI=1S/C14H17BrN2O/c1-2-17(10-13-4-3-7-18-13)9-11-8-12(16)5-6-14(11)15/h3-8H,2,9-10,16H2,1H3. The van der Waals surface area contributed by atoms with Gasteiger partial charge in [-0.2, -0.15) is 0 Å². The van der Waals surface area contributed by atoms with E-state index in [9.17, 15) is 0 Å². The van der Waals surface area contributed by atoms with Crippen LogP contribution in [0.4, 0.5) is 5.69 Å². The minimum absolute atomic E-state index is 0.794. The van der Waals surface area contributed by atoms with Crippen molar-refractivity contribution < 1.29 is 4.42 Å². The van der Waals surface area contributed by atoms with E-state index in [4.69, 9.17) is 10.2 Å². The molecule has 0 atom stereocenters. The van der Waals surface area contributed by atoms with Crippen LogP contribution in [0.25, 0.3) is 0 Å². The van der Waals surface area contributed by atoms with Gasteiger partial charge < -0.3 is 10.2 Å². The first-order valence-corrected chi connectivity index (χ1v) is 6.77. The molecule has 0 amide bonds. The molecule has 0 aliphatic rings. The fraction of sp³-hybridized carbons (Fsp3) is 0.286. The van der Waals surface area contributed by atoms with Crippen LogP contribution in [0.15, 0.2) is 45.5 Å². The van der Waals surface area contributed by atoms with Crippen LogP contribution in [0.3, 0.4) is 0 Å². The Labute approximate surface area is 116 Å². The van der Waals surface area contributed by atoms with Gasteiger partial charge in [0, 0.05) is 16.7 Å². The average Bonchev–Trinajstić information content (AvgIpc) is 2.85. The van der Waals surface area contributed by atoms with E-state index in [2.05, 4.69) is 27.8 Å². The predicted octanol–water partition coefficient (Wildman–Crippen LogP) is 3.65. The molecular formula is C14H17BrN2O. The van der Waals surface area contributed by atoms with Crippen LogP contribution in [-0.4, -0.2) is 11.4 Å². The Hall–Kier alpha value is -1.26. The van der Waals surface area contributed by atoms with Gasteiger partial charge in [0.1, 0.15) is 5.76 Å². The lowest BCUT2D eigenvalue weighted by molar-refractivity contribution is 0.247.